The number of thiophene rings is 1. The third-order valence-electron chi connectivity index (χ3n) is 4.07. The Balaban J connectivity index is 1.70. The molecular weight excluding hydrogens is 415 g/mol. The highest BCUT2D eigenvalue weighted by atomic mass is 32.2. The number of hydrogen-bond acceptors (Lipinski definition) is 7. The number of nitrogens with one attached hydrogen (secondary N) is 1. The number of aromatic nitrogens is 2. The number of rotatable bonds is 5. The highest BCUT2D eigenvalue weighted by molar-refractivity contribution is 7.99. The minimum atomic E-state index is -4.58. The monoisotopic (exact) mass is 431 g/mol. The number of anilines is 1. The smallest absolute Gasteiger partial charge is 0.433 e. The van der Waals surface area contributed by atoms with E-state index >= 15 is 0 Å². The number of amides is 1. The van der Waals surface area contributed by atoms with Crippen molar-refractivity contribution in [3.05, 3.63) is 34.0 Å². The normalized spacial score (nSPS) is 13.7. The molecule has 0 aliphatic heterocycles. The lowest BCUT2D eigenvalue weighted by Crippen LogP contribution is -2.17. The van der Waals surface area contributed by atoms with E-state index in [-0.39, 0.29) is 10.9 Å². The first-order valence-electron chi connectivity index (χ1n) is 8.35. The van der Waals surface area contributed by atoms with Crippen molar-refractivity contribution in [2.75, 3.05) is 18.2 Å². The molecule has 0 aromatic carbocycles. The highest BCUT2D eigenvalue weighted by Gasteiger charge is 2.33. The number of carbonyl (C=O) groups is 2. The van der Waals surface area contributed by atoms with Gasteiger partial charge in [-0.1, -0.05) is 11.8 Å². The summed E-state index contributed by atoms with van der Waals surface area (Å²) in [5, 5.41) is 2.94. The quantitative estimate of drug-likeness (QED) is 0.439. The van der Waals surface area contributed by atoms with Gasteiger partial charge < -0.3 is 10.1 Å². The molecule has 0 saturated heterocycles. The van der Waals surface area contributed by atoms with Crippen LogP contribution in [0.25, 0.3) is 0 Å². The summed E-state index contributed by atoms with van der Waals surface area (Å²) in [5.74, 6) is -1.16. The van der Waals surface area contributed by atoms with E-state index in [1.54, 1.807) is 0 Å². The second-order valence-electron chi connectivity index (χ2n) is 5.97. The van der Waals surface area contributed by atoms with Crippen molar-refractivity contribution in [2.45, 2.75) is 37.0 Å². The van der Waals surface area contributed by atoms with E-state index in [9.17, 15) is 22.8 Å². The number of fused-ring (bicyclic) bond motifs is 1. The van der Waals surface area contributed by atoms with Crippen molar-refractivity contribution < 1.29 is 27.5 Å². The molecule has 1 amide bonds. The summed E-state index contributed by atoms with van der Waals surface area (Å²) in [5.41, 5.74) is 0.215. The summed E-state index contributed by atoms with van der Waals surface area (Å²) >= 11 is 2.13. The summed E-state index contributed by atoms with van der Waals surface area (Å²) in [4.78, 5) is 32.7. The van der Waals surface area contributed by atoms with Crippen molar-refractivity contribution in [3.8, 4) is 0 Å². The standard InChI is InChI=1S/C17H16F3N3O3S2/c1-26-15(25)13-9-4-2-3-5-10(9)28-14(13)23-12(24)8-27-16-21-7-6-11(22-16)17(18,19)20/h6-7H,2-5,8H2,1H3,(H,23,24). The molecule has 28 heavy (non-hydrogen) atoms. The van der Waals surface area contributed by atoms with E-state index in [0.717, 1.165) is 60.1 Å². The largest absolute Gasteiger partial charge is 0.465 e. The fraction of sp³-hybridized carbons (Fsp3) is 0.412. The predicted octanol–water partition coefficient (Wildman–Crippen LogP) is 3.95. The molecule has 0 saturated carbocycles. The van der Waals surface area contributed by atoms with Crippen LogP contribution in [0.5, 0.6) is 0 Å². The van der Waals surface area contributed by atoms with E-state index in [2.05, 4.69) is 15.3 Å². The van der Waals surface area contributed by atoms with Gasteiger partial charge in [0.05, 0.1) is 18.4 Å². The number of halogens is 3. The Morgan fingerprint density at radius 1 is 1.32 bits per heavy atom. The van der Waals surface area contributed by atoms with Gasteiger partial charge in [-0.25, -0.2) is 14.8 Å². The summed E-state index contributed by atoms with van der Waals surface area (Å²) in [6.45, 7) is 0. The Morgan fingerprint density at radius 3 is 2.79 bits per heavy atom. The molecular formula is C17H16F3N3O3S2. The third-order valence-corrected chi connectivity index (χ3v) is 6.14. The maximum absolute atomic E-state index is 12.7. The molecule has 150 valence electrons. The van der Waals surface area contributed by atoms with Crippen LogP contribution in [0.1, 0.15) is 39.3 Å². The first-order valence-corrected chi connectivity index (χ1v) is 10.2. The molecule has 0 spiro atoms. The summed E-state index contributed by atoms with van der Waals surface area (Å²) < 4.78 is 42.9. The fourth-order valence-corrected chi connectivity index (χ4v) is 4.76. The zero-order chi connectivity index (χ0) is 20.3. The van der Waals surface area contributed by atoms with E-state index in [1.807, 2.05) is 0 Å². The maximum atomic E-state index is 12.7. The van der Waals surface area contributed by atoms with Crippen LogP contribution in [0, 0.1) is 0 Å². The second kappa shape index (κ2) is 8.48. The molecule has 1 aliphatic carbocycles. The molecule has 1 N–H and O–H groups in total. The summed E-state index contributed by atoms with van der Waals surface area (Å²) in [7, 11) is 1.28. The third kappa shape index (κ3) is 4.64. The zero-order valence-electron chi connectivity index (χ0n) is 14.8. The molecule has 0 fully saturated rings. The van der Waals surface area contributed by atoms with Crippen LogP contribution in [0.4, 0.5) is 18.2 Å². The van der Waals surface area contributed by atoms with Crippen LogP contribution >= 0.6 is 23.1 Å². The Morgan fingerprint density at radius 2 is 2.07 bits per heavy atom. The highest BCUT2D eigenvalue weighted by Crippen LogP contribution is 2.38. The van der Waals surface area contributed by atoms with Gasteiger partial charge in [-0.3, -0.25) is 4.79 Å². The van der Waals surface area contributed by atoms with Gasteiger partial charge in [-0.2, -0.15) is 13.2 Å². The van der Waals surface area contributed by atoms with E-state index in [1.165, 1.54) is 18.4 Å². The topological polar surface area (TPSA) is 81.2 Å². The SMILES string of the molecule is COC(=O)c1c(NC(=O)CSc2nccc(C(F)(F)F)n2)sc2c1CCCC2. The number of thioether (sulfide) groups is 1. The fourth-order valence-electron chi connectivity index (χ4n) is 2.83. The van der Waals surface area contributed by atoms with E-state index in [4.69, 9.17) is 4.74 Å². The van der Waals surface area contributed by atoms with Gasteiger partial charge in [-0.15, -0.1) is 11.3 Å². The Kier molecular flexibility index (Phi) is 6.23. The van der Waals surface area contributed by atoms with Gasteiger partial charge in [0.25, 0.3) is 0 Å². The van der Waals surface area contributed by atoms with Crippen LogP contribution < -0.4 is 5.32 Å². The van der Waals surface area contributed by atoms with Crippen molar-refractivity contribution in [3.63, 3.8) is 0 Å². The number of ether oxygens (including phenoxy) is 1. The number of hydrogen-bond donors (Lipinski definition) is 1. The molecule has 0 atom stereocenters. The number of methoxy groups -OCH3 is 1. The van der Waals surface area contributed by atoms with Crippen molar-refractivity contribution >= 4 is 40.0 Å². The maximum Gasteiger partial charge on any atom is 0.433 e. The summed E-state index contributed by atoms with van der Waals surface area (Å²) in [6.07, 6.45) is -0.00947. The van der Waals surface area contributed by atoms with Crippen molar-refractivity contribution in [1.29, 1.82) is 0 Å². The van der Waals surface area contributed by atoms with Crippen LogP contribution in [0.15, 0.2) is 17.4 Å². The molecule has 1 aliphatic rings. The number of esters is 1. The first-order chi connectivity index (χ1) is 13.3. The van der Waals surface area contributed by atoms with Gasteiger partial charge >= 0.3 is 12.1 Å². The second-order valence-corrected chi connectivity index (χ2v) is 8.01. The van der Waals surface area contributed by atoms with Crippen LogP contribution in [0.3, 0.4) is 0 Å². The van der Waals surface area contributed by atoms with Crippen LogP contribution in [-0.4, -0.2) is 34.7 Å². The molecule has 11 heteroatoms. The van der Waals surface area contributed by atoms with E-state index in [0.29, 0.717) is 10.6 Å². The van der Waals surface area contributed by atoms with Crippen LogP contribution in [0.2, 0.25) is 0 Å². The number of carbonyl (C=O) groups excluding carboxylic acids is 2. The van der Waals surface area contributed by atoms with Gasteiger partial charge in [0.1, 0.15) is 10.7 Å². The average molecular weight is 431 g/mol. The predicted molar refractivity (Wildman–Crippen MR) is 98.7 cm³/mol. The number of aryl methyl sites for hydroxylation is 1. The van der Waals surface area contributed by atoms with Crippen molar-refractivity contribution in [2.24, 2.45) is 0 Å². The molecule has 0 bridgehead atoms. The van der Waals surface area contributed by atoms with Gasteiger partial charge in [-0.05, 0) is 37.3 Å². The molecule has 2 heterocycles. The van der Waals surface area contributed by atoms with Gasteiger partial charge in [0.2, 0.25) is 5.91 Å². The molecule has 3 rings (SSSR count). The first kappa shape index (κ1) is 20.6. The molecule has 2 aromatic rings. The molecule has 6 nitrogen and oxygen atoms in total. The van der Waals surface area contributed by atoms with Crippen LogP contribution in [-0.2, 0) is 28.5 Å². The Bertz CT molecular complexity index is 900. The lowest BCUT2D eigenvalue weighted by atomic mass is 9.95. The Labute approximate surface area is 166 Å². The van der Waals surface area contributed by atoms with Gasteiger partial charge in [0.15, 0.2) is 5.16 Å². The minimum Gasteiger partial charge on any atom is -0.465 e. The molecule has 2 aromatic heterocycles. The molecule has 0 unspecified atom stereocenters. The van der Waals surface area contributed by atoms with Crippen molar-refractivity contribution in [1.82, 2.24) is 9.97 Å². The van der Waals surface area contributed by atoms with E-state index < -0.39 is 23.7 Å². The number of alkyl halides is 3. The molecule has 0 radical (unpaired) electrons. The number of nitrogens with zero attached hydrogens (tertiary/aromatic N) is 2. The lowest BCUT2D eigenvalue weighted by molar-refractivity contribution is -0.141. The summed E-state index contributed by atoms with van der Waals surface area (Å²) in [6, 6.07) is 0.767. The average Bonchev–Trinajstić information content (AvgIpc) is 3.03. The van der Waals surface area contributed by atoms with Gasteiger partial charge in [0, 0.05) is 11.1 Å². The minimum absolute atomic E-state index is 0.149. The Hall–Kier alpha value is -2.14. The zero-order valence-corrected chi connectivity index (χ0v) is 16.4. The lowest BCUT2D eigenvalue weighted by Gasteiger charge is -2.11.